The van der Waals surface area contributed by atoms with Crippen LogP contribution in [0.2, 0.25) is 0 Å². The molecule has 0 saturated heterocycles. The molecule has 0 aliphatic heterocycles. The molecule has 0 heterocycles. The number of methoxy groups -OCH3 is 1. The first-order valence-electron chi connectivity index (χ1n) is 5.46. The Hall–Kier alpha value is -1.32. The van der Waals surface area contributed by atoms with E-state index in [4.69, 9.17) is 0 Å². The lowest BCUT2D eigenvalue weighted by Gasteiger charge is -2.01. The third-order valence-corrected chi connectivity index (χ3v) is 1.97. The molecule has 0 saturated carbocycles. The van der Waals surface area contributed by atoms with Crippen molar-refractivity contribution in [2.45, 2.75) is 33.1 Å². The maximum absolute atomic E-state index is 11.3. The van der Waals surface area contributed by atoms with Crippen LogP contribution < -0.4 is 0 Å². The largest absolute Gasteiger partial charge is 0.508 e. The number of hydrogen-bond donors (Lipinski definition) is 0. The predicted octanol–water partition coefficient (Wildman–Crippen LogP) is 2.72. The van der Waals surface area contributed by atoms with E-state index in [1.807, 2.05) is 0 Å². The zero-order valence-corrected chi connectivity index (χ0v) is 10.2. The fourth-order valence-electron chi connectivity index (χ4n) is 1.12. The summed E-state index contributed by atoms with van der Waals surface area (Å²) in [7, 11) is 1.24. The van der Waals surface area contributed by atoms with Crippen molar-refractivity contribution in [3.05, 3.63) is 12.2 Å². The van der Waals surface area contributed by atoms with Crippen molar-refractivity contribution in [3.8, 4) is 0 Å². The van der Waals surface area contributed by atoms with E-state index in [9.17, 15) is 9.59 Å². The van der Waals surface area contributed by atoms with Crippen molar-refractivity contribution in [3.63, 3.8) is 0 Å². The van der Waals surface area contributed by atoms with Gasteiger partial charge in [0.1, 0.15) is 6.61 Å². The number of ether oxygens (including phenoxy) is 2. The van der Waals surface area contributed by atoms with Gasteiger partial charge in [0.05, 0.1) is 7.11 Å². The van der Waals surface area contributed by atoms with Gasteiger partial charge in [0, 0.05) is 6.42 Å². The van der Waals surface area contributed by atoms with E-state index in [-0.39, 0.29) is 12.4 Å². The third kappa shape index (κ3) is 9.24. The van der Waals surface area contributed by atoms with Crippen LogP contribution in [-0.4, -0.2) is 25.7 Å². The van der Waals surface area contributed by atoms with E-state index in [0.717, 1.165) is 12.8 Å². The minimum atomic E-state index is -0.739. The van der Waals surface area contributed by atoms with E-state index < -0.39 is 6.16 Å². The summed E-state index contributed by atoms with van der Waals surface area (Å²) in [5, 5.41) is 0. The summed E-state index contributed by atoms with van der Waals surface area (Å²) in [5.74, 6) is 0.688. The lowest BCUT2D eigenvalue weighted by Crippen LogP contribution is -2.04. The topological polar surface area (TPSA) is 52.6 Å². The Bertz CT molecular complexity index is 243. The summed E-state index contributed by atoms with van der Waals surface area (Å²) in [6.45, 7) is 4.33. The van der Waals surface area contributed by atoms with Crippen LogP contribution in [0.5, 0.6) is 0 Å². The van der Waals surface area contributed by atoms with Crippen LogP contribution >= 0.6 is 0 Å². The van der Waals surface area contributed by atoms with Gasteiger partial charge in [-0.1, -0.05) is 20.3 Å². The first kappa shape index (κ1) is 14.7. The summed E-state index contributed by atoms with van der Waals surface area (Å²) >= 11 is 0. The van der Waals surface area contributed by atoms with Crippen molar-refractivity contribution in [2.75, 3.05) is 13.7 Å². The summed E-state index contributed by atoms with van der Waals surface area (Å²) in [6.07, 6.45) is 4.73. The molecule has 16 heavy (non-hydrogen) atoms. The fraction of sp³-hybridized carbons (Fsp3) is 0.667. The molecular formula is C12H20O4. The molecule has 0 aromatic carbocycles. The molecule has 0 radical (unpaired) electrons. The second kappa shape index (κ2) is 8.95. The molecule has 4 nitrogen and oxygen atoms in total. The monoisotopic (exact) mass is 228 g/mol. The smallest absolute Gasteiger partial charge is 0.438 e. The van der Waals surface area contributed by atoms with Gasteiger partial charge in [0.15, 0.2) is 5.78 Å². The second-order valence-corrected chi connectivity index (χ2v) is 3.92. The van der Waals surface area contributed by atoms with Crippen molar-refractivity contribution in [2.24, 2.45) is 5.92 Å². The number of carbonyl (C=O) groups is 2. The summed E-state index contributed by atoms with van der Waals surface area (Å²) < 4.78 is 8.85. The Morgan fingerprint density at radius 2 is 2.00 bits per heavy atom. The fourth-order valence-corrected chi connectivity index (χ4v) is 1.12. The quantitative estimate of drug-likeness (QED) is 0.496. The molecule has 0 fully saturated rings. The van der Waals surface area contributed by atoms with Gasteiger partial charge in [-0.25, -0.2) is 4.79 Å². The first-order valence-corrected chi connectivity index (χ1v) is 5.46. The van der Waals surface area contributed by atoms with Crippen molar-refractivity contribution in [1.29, 1.82) is 0 Å². The van der Waals surface area contributed by atoms with Crippen LogP contribution in [0, 0.1) is 5.92 Å². The van der Waals surface area contributed by atoms with E-state index in [0.29, 0.717) is 12.3 Å². The molecule has 0 bridgehead atoms. The highest BCUT2D eigenvalue weighted by atomic mass is 16.7. The summed E-state index contributed by atoms with van der Waals surface area (Å²) in [4.78, 5) is 21.8. The first-order chi connectivity index (χ1) is 7.56. The minimum absolute atomic E-state index is 0.0640. The highest BCUT2D eigenvalue weighted by Crippen LogP contribution is 2.06. The highest BCUT2D eigenvalue weighted by molar-refractivity contribution is 5.89. The average Bonchev–Trinajstić information content (AvgIpc) is 2.23. The number of allylic oxidation sites excluding steroid dienone is 1. The normalized spacial score (nSPS) is 10.8. The Morgan fingerprint density at radius 3 is 2.56 bits per heavy atom. The van der Waals surface area contributed by atoms with Gasteiger partial charge in [-0.3, -0.25) is 4.79 Å². The molecule has 0 aromatic rings. The van der Waals surface area contributed by atoms with Crippen LogP contribution in [0.25, 0.3) is 0 Å². The summed E-state index contributed by atoms with van der Waals surface area (Å²) in [6, 6.07) is 0. The molecule has 4 heteroatoms. The molecule has 0 spiro atoms. The maximum atomic E-state index is 11.3. The molecule has 0 aromatic heterocycles. The van der Waals surface area contributed by atoms with E-state index in [1.165, 1.54) is 19.3 Å². The van der Waals surface area contributed by atoms with E-state index in [1.54, 1.807) is 0 Å². The van der Waals surface area contributed by atoms with Crippen LogP contribution in [0.1, 0.15) is 33.1 Å². The van der Waals surface area contributed by atoms with Gasteiger partial charge in [0.2, 0.25) is 0 Å². The number of carbonyl (C=O) groups excluding carboxylic acids is 2. The average molecular weight is 228 g/mol. The third-order valence-electron chi connectivity index (χ3n) is 1.97. The Kier molecular flexibility index (Phi) is 8.21. The lowest BCUT2D eigenvalue weighted by atomic mass is 10.0. The number of rotatable bonds is 7. The van der Waals surface area contributed by atoms with Crippen molar-refractivity contribution < 1.29 is 19.1 Å². The van der Waals surface area contributed by atoms with Gasteiger partial charge in [-0.05, 0) is 24.5 Å². The Morgan fingerprint density at radius 1 is 1.31 bits per heavy atom. The molecule has 0 rings (SSSR count). The van der Waals surface area contributed by atoms with Crippen LogP contribution in [-0.2, 0) is 14.3 Å². The predicted molar refractivity (Wildman–Crippen MR) is 61.2 cm³/mol. The zero-order valence-electron chi connectivity index (χ0n) is 10.2. The summed E-state index contributed by atoms with van der Waals surface area (Å²) in [5.41, 5.74) is 0. The van der Waals surface area contributed by atoms with Crippen LogP contribution in [0.15, 0.2) is 12.2 Å². The zero-order chi connectivity index (χ0) is 12.4. The van der Waals surface area contributed by atoms with E-state index >= 15 is 0 Å². The molecular weight excluding hydrogens is 208 g/mol. The van der Waals surface area contributed by atoms with Gasteiger partial charge in [-0.15, -0.1) is 0 Å². The molecule has 0 atom stereocenters. The molecule has 0 aliphatic rings. The lowest BCUT2D eigenvalue weighted by molar-refractivity contribution is -0.114. The number of hydrogen-bond acceptors (Lipinski definition) is 4. The highest BCUT2D eigenvalue weighted by Gasteiger charge is 2.00. The maximum Gasteiger partial charge on any atom is 0.508 e. The second-order valence-electron chi connectivity index (χ2n) is 3.92. The van der Waals surface area contributed by atoms with Gasteiger partial charge < -0.3 is 9.47 Å². The van der Waals surface area contributed by atoms with Crippen LogP contribution in [0.4, 0.5) is 4.79 Å². The Labute approximate surface area is 96.6 Å². The van der Waals surface area contributed by atoms with Gasteiger partial charge >= 0.3 is 6.16 Å². The SMILES string of the molecule is COC(=O)OC/C=C/C(=O)CCCC(C)C. The van der Waals surface area contributed by atoms with Crippen LogP contribution in [0.3, 0.4) is 0 Å². The number of ketones is 1. The van der Waals surface area contributed by atoms with Crippen molar-refractivity contribution in [1.82, 2.24) is 0 Å². The standard InChI is InChI=1S/C12H20O4/c1-10(2)6-4-7-11(13)8-5-9-16-12(14)15-3/h5,8,10H,4,6-7,9H2,1-3H3/b8-5+. The van der Waals surface area contributed by atoms with E-state index in [2.05, 4.69) is 23.3 Å². The van der Waals surface area contributed by atoms with Crippen molar-refractivity contribution >= 4 is 11.9 Å². The minimum Gasteiger partial charge on any atom is -0.438 e. The Balaban J connectivity index is 3.55. The molecule has 92 valence electrons. The molecule has 0 unspecified atom stereocenters. The molecule has 0 N–H and O–H groups in total. The van der Waals surface area contributed by atoms with Gasteiger partial charge in [0.25, 0.3) is 0 Å². The molecule has 0 aliphatic carbocycles. The molecule has 0 amide bonds. The van der Waals surface area contributed by atoms with Gasteiger partial charge in [-0.2, -0.15) is 0 Å².